The molecule has 11 heteroatoms. The van der Waals surface area contributed by atoms with Crippen LogP contribution in [-0.2, 0) is 16.1 Å². The number of nitrogens with zero attached hydrogens (tertiary/aromatic N) is 3. The van der Waals surface area contributed by atoms with Crippen molar-refractivity contribution in [2.24, 2.45) is 5.92 Å². The molecule has 2 atom stereocenters. The third-order valence-electron chi connectivity index (χ3n) is 7.29. The van der Waals surface area contributed by atoms with Crippen LogP contribution < -0.4 is 15.4 Å². The van der Waals surface area contributed by atoms with Crippen molar-refractivity contribution in [2.75, 3.05) is 32.1 Å². The van der Waals surface area contributed by atoms with Crippen LogP contribution in [0.2, 0.25) is 5.02 Å². The minimum Gasteiger partial charge on any atom is -0.497 e. The molecule has 1 aromatic heterocycles. The fraction of sp³-hybridized carbons (Fsp3) is 0.345. The number of carbonyl (C=O) groups excluding carboxylic acids is 3. The molecule has 2 aliphatic rings. The lowest BCUT2D eigenvalue weighted by Crippen LogP contribution is -2.40. The van der Waals surface area contributed by atoms with Crippen LogP contribution in [0.4, 0.5) is 5.95 Å². The molecule has 10 nitrogen and oxygen atoms in total. The fourth-order valence-corrected chi connectivity index (χ4v) is 5.32. The van der Waals surface area contributed by atoms with E-state index in [1.54, 1.807) is 37.4 Å². The van der Waals surface area contributed by atoms with Crippen molar-refractivity contribution in [3.8, 4) is 17.0 Å². The Bertz CT molecular complexity index is 1450. The molecule has 1 saturated carbocycles. The van der Waals surface area contributed by atoms with Gasteiger partial charge in [0, 0.05) is 36.6 Å². The Hall–Kier alpha value is -4.02. The summed E-state index contributed by atoms with van der Waals surface area (Å²) in [6, 6.07) is 11.8. The summed E-state index contributed by atoms with van der Waals surface area (Å²) < 4.78 is 5.23. The molecule has 0 saturated heterocycles. The van der Waals surface area contributed by atoms with Crippen LogP contribution in [0.1, 0.15) is 46.8 Å². The van der Waals surface area contributed by atoms with E-state index in [1.165, 1.54) is 11.1 Å². The number of hydrogen-bond donors (Lipinski definition) is 3. The van der Waals surface area contributed by atoms with Crippen molar-refractivity contribution < 1.29 is 24.2 Å². The number of aromatic nitrogens is 2. The number of halogens is 1. The Morgan fingerprint density at radius 2 is 2.10 bits per heavy atom. The summed E-state index contributed by atoms with van der Waals surface area (Å²) in [5, 5.41) is 16.1. The lowest BCUT2D eigenvalue weighted by atomic mass is 10.0. The highest BCUT2D eigenvalue weighted by Gasteiger charge is 2.30. The van der Waals surface area contributed by atoms with E-state index in [0.29, 0.717) is 52.1 Å². The Morgan fingerprint density at radius 3 is 2.85 bits per heavy atom. The number of methoxy groups -OCH3 is 1. The van der Waals surface area contributed by atoms with Crippen LogP contribution in [0.25, 0.3) is 11.3 Å². The SMILES string of the molecule is COc1cccc(C(CO)NC(=O)CN2Cc3ccc(-c4nc(NCC5CCCC5=O)ncc4Cl)cc3C2=O)c1. The Balaban J connectivity index is 1.26. The van der Waals surface area contributed by atoms with E-state index in [0.717, 1.165) is 18.4 Å². The molecule has 2 aromatic carbocycles. The van der Waals surface area contributed by atoms with Gasteiger partial charge in [-0.3, -0.25) is 14.4 Å². The molecule has 3 N–H and O–H groups in total. The molecule has 40 heavy (non-hydrogen) atoms. The highest BCUT2D eigenvalue weighted by molar-refractivity contribution is 6.33. The molecule has 1 aliphatic heterocycles. The average Bonchev–Trinajstić information content (AvgIpc) is 3.52. The lowest BCUT2D eigenvalue weighted by molar-refractivity contribution is -0.123. The number of fused-ring (bicyclic) bond motifs is 1. The number of ketones is 1. The highest BCUT2D eigenvalue weighted by Crippen LogP contribution is 2.32. The molecule has 0 spiro atoms. The van der Waals surface area contributed by atoms with Gasteiger partial charge in [-0.2, -0.15) is 0 Å². The zero-order valence-corrected chi connectivity index (χ0v) is 22.8. The fourth-order valence-electron chi connectivity index (χ4n) is 5.12. The van der Waals surface area contributed by atoms with Gasteiger partial charge >= 0.3 is 0 Å². The number of amides is 2. The zero-order chi connectivity index (χ0) is 28.2. The van der Waals surface area contributed by atoms with E-state index >= 15 is 0 Å². The molecule has 0 radical (unpaired) electrons. The predicted molar refractivity (Wildman–Crippen MR) is 149 cm³/mol. The van der Waals surface area contributed by atoms with Gasteiger partial charge in [0.1, 0.15) is 18.1 Å². The monoisotopic (exact) mass is 563 g/mol. The molecule has 1 aliphatic carbocycles. The number of aliphatic hydroxyl groups is 1. The van der Waals surface area contributed by atoms with Gasteiger partial charge in [-0.1, -0.05) is 35.9 Å². The first kappa shape index (κ1) is 27.5. The van der Waals surface area contributed by atoms with Gasteiger partial charge in [-0.15, -0.1) is 0 Å². The first-order valence-electron chi connectivity index (χ1n) is 13.1. The molecular weight excluding hydrogens is 534 g/mol. The largest absolute Gasteiger partial charge is 0.497 e. The van der Waals surface area contributed by atoms with E-state index in [-0.39, 0.29) is 37.3 Å². The summed E-state index contributed by atoms with van der Waals surface area (Å²) in [6.45, 7) is 0.286. The Morgan fingerprint density at radius 1 is 1.25 bits per heavy atom. The standard InChI is InChI=1S/C29H30ClN5O5/c1-40-21-6-2-4-17(10-21)24(16-36)33-26(38)15-35-14-20-9-8-18(11-22(20)28(35)39)27-23(30)13-32-29(34-27)31-12-19-5-3-7-25(19)37/h2,4,6,8-11,13,19,24,36H,3,5,7,12,14-16H2,1H3,(H,33,38)(H,31,32,34). The summed E-state index contributed by atoms with van der Waals surface area (Å²) in [6.07, 6.45) is 3.87. The maximum absolute atomic E-state index is 13.2. The van der Waals surface area contributed by atoms with E-state index in [1.807, 2.05) is 12.1 Å². The second kappa shape index (κ2) is 12.0. The molecule has 3 aromatic rings. The first-order chi connectivity index (χ1) is 19.4. The quantitative estimate of drug-likeness (QED) is 0.342. The smallest absolute Gasteiger partial charge is 0.254 e. The summed E-state index contributed by atoms with van der Waals surface area (Å²) in [5.41, 5.74) is 3.06. The highest BCUT2D eigenvalue weighted by atomic mass is 35.5. The van der Waals surface area contributed by atoms with E-state index in [9.17, 15) is 19.5 Å². The van der Waals surface area contributed by atoms with Crippen LogP contribution in [0.5, 0.6) is 5.75 Å². The number of rotatable bonds is 10. The van der Waals surface area contributed by atoms with Gasteiger partial charge < -0.3 is 25.4 Å². The molecular formula is C29H30ClN5O5. The minimum atomic E-state index is -0.635. The van der Waals surface area contributed by atoms with Crippen LogP contribution in [0.15, 0.2) is 48.7 Å². The average molecular weight is 564 g/mol. The van der Waals surface area contributed by atoms with Crippen LogP contribution in [-0.4, -0.2) is 64.4 Å². The van der Waals surface area contributed by atoms with Crippen LogP contribution in [0.3, 0.4) is 0 Å². The summed E-state index contributed by atoms with van der Waals surface area (Å²) >= 11 is 6.41. The maximum atomic E-state index is 13.2. The van der Waals surface area contributed by atoms with E-state index < -0.39 is 11.9 Å². The Kier molecular flexibility index (Phi) is 8.27. The number of Topliss-reactive ketones (excluding diaryl/α,β-unsaturated/α-hetero) is 1. The van der Waals surface area contributed by atoms with Gasteiger partial charge in [-0.25, -0.2) is 9.97 Å². The maximum Gasteiger partial charge on any atom is 0.254 e. The van der Waals surface area contributed by atoms with Gasteiger partial charge in [0.2, 0.25) is 11.9 Å². The third-order valence-corrected chi connectivity index (χ3v) is 7.57. The second-order valence-corrected chi connectivity index (χ2v) is 10.3. The summed E-state index contributed by atoms with van der Waals surface area (Å²) in [5.74, 6) is 0.521. The zero-order valence-electron chi connectivity index (χ0n) is 22.0. The molecule has 1 fully saturated rings. The van der Waals surface area contributed by atoms with Gasteiger partial charge in [0.05, 0.1) is 36.7 Å². The normalized spacial score (nSPS) is 17.1. The topological polar surface area (TPSA) is 134 Å². The lowest BCUT2D eigenvalue weighted by Gasteiger charge is -2.20. The molecule has 2 unspecified atom stereocenters. The predicted octanol–water partition coefficient (Wildman–Crippen LogP) is 3.39. The summed E-state index contributed by atoms with van der Waals surface area (Å²) in [7, 11) is 1.54. The number of ether oxygens (including phenoxy) is 1. The third kappa shape index (κ3) is 5.93. The van der Waals surface area contributed by atoms with E-state index in [2.05, 4.69) is 20.6 Å². The van der Waals surface area contributed by atoms with Crippen LogP contribution >= 0.6 is 11.6 Å². The van der Waals surface area contributed by atoms with Crippen molar-refractivity contribution in [3.05, 3.63) is 70.4 Å². The minimum absolute atomic E-state index is 0.0355. The Labute approximate surface area is 236 Å². The molecule has 2 heterocycles. The number of aliphatic hydroxyl groups excluding tert-OH is 1. The summed E-state index contributed by atoms with van der Waals surface area (Å²) in [4.78, 5) is 48.2. The number of hydrogen-bond acceptors (Lipinski definition) is 8. The first-order valence-corrected chi connectivity index (χ1v) is 13.5. The van der Waals surface area contributed by atoms with Crippen molar-refractivity contribution in [3.63, 3.8) is 0 Å². The number of anilines is 1. The van der Waals surface area contributed by atoms with Gasteiger partial charge in [0.25, 0.3) is 5.91 Å². The van der Waals surface area contributed by atoms with Crippen molar-refractivity contribution in [1.29, 1.82) is 0 Å². The molecule has 208 valence electrons. The second-order valence-electron chi connectivity index (χ2n) is 9.94. The van der Waals surface area contributed by atoms with Crippen molar-refractivity contribution in [1.82, 2.24) is 20.2 Å². The number of benzene rings is 2. The van der Waals surface area contributed by atoms with Crippen molar-refractivity contribution >= 4 is 35.1 Å². The van der Waals surface area contributed by atoms with E-state index in [4.69, 9.17) is 16.3 Å². The van der Waals surface area contributed by atoms with Gasteiger partial charge in [-0.05, 0) is 42.2 Å². The van der Waals surface area contributed by atoms with Crippen LogP contribution in [0, 0.1) is 5.92 Å². The molecule has 5 rings (SSSR count). The number of nitrogens with one attached hydrogen (secondary N) is 2. The van der Waals surface area contributed by atoms with Gasteiger partial charge in [0.15, 0.2) is 0 Å². The molecule has 2 amide bonds. The van der Waals surface area contributed by atoms with Crippen molar-refractivity contribution in [2.45, 2.75) is 31.8 Å². The molecule has 0 bridgehead atoms. The number of carbonyl (C=O) groups is 3.